The van der Waals surface area contributed by atoms with Gasteiger partial charge >= 0.3 is 0 Å². The molecule has 0 bridgehead atoms. The predicted molar refractivity (Wildman–Crippen MR) is 62.7 cm³/mol. The first-order valence-corrected chi connectivity index (χ1v) is 5.08. The molecule has 0 radical (unpaired) electrons. The quantitative estimate of drug-likeness (QED) is 0.594. The summed E-state index contributed by atoms with van der Waals surface area (Å²) < 4.78 is 0. The lowest BCUT2D eigenvalue weighted by Crippen LogP contribution is -1.83. The fourth-order valence-electron chi connectivity index (χ4n) is 1.88. The van der Waals surface area contributed by atoms with Crippen LogP contribution in [0.25, 0.3) is 22.2 Å². The van der Waals surface area contributed by atoms with E-state index in [0.717, 1.165) is 5.52 Å². The Kier molecular flexibility index (Phi) is 1.98. The minimum absolute atomic E-state index is 0.0144. The number of hydrogen-bond donors (Lipinski definition) is 3. The molecule has 0 saturated carbocycles. The molecule has 3 rings (SSSR count). The van der Waals surface area contributed by atoms with E-state index in [-0.39, 0.29) is 11.5 Å². The Morgan fingerprint density at radius 1 is 0.941 bits per heavy atom. The summed E-state index contributed by atoms with van der Waals surface area (Å²) >= 11 is 0. The smallest absolute Gasteiger partial charge is 0.127 e. The Hall–Kier alpha value is -2.56. The molecule has 0 aliphatic heterocycles. The van der Waals surface area contributed by atoms with Gasteiger partial charge in [0.2, 0.25) is 0 Å². The number of phenolic OH excluding ortho intramolecular Hbond substituents is 2. The second-order valence-electron chi connectivity index (χ2n) is 3.68. The molecule has 0 unspecified atom stereocenters. The highest BCUT2D eigenvalue weighted by atomic mass is 16.3. The van der Waals surface area contributed by atoms with Crippen molar-refractivity contribution < 1.29 is 10.2 Å². The molecule has 5 heteroatoms. The van der Waals surface area contributed by atoms with Gasteiger partial charge in [-0.1, -0.05) is 23.4 Å². The molecule has 0 aliphatic rings. The number of hydrogen-bond acceptors (Lipinski definition) is 4. The molecule has 84 valence electrons. The molecule has 17 heavy (non-hydrogen) atoms. The van der Waals surface area contributed by atoms with E-state index in [1.54, 1.807) is 12.1 Å². The minimum atomic E-state index is 0.0144. The molecule has 0 atom stereocenters. The molecular weight excluding hydrogens is 218 g/mol. The number of nitrogens with one attached hydrogen (secondary N) is 1. The van der Waals surface area contributed by atoms with Crippen LogP contribution in [0, 0.1) is 0 Å². The maximum Gasteiger partial charge on any atom is 0.127 e. The van der Waals surface area contributed by atoms with Crippen LogP contribution in [0.15, 0.2) is 36.4 Å². The monoisotopic (exact) mass is 227 g/mol. The Labute approximate surface area is 96.3 Å². The van der Waals surface area contributed by atoms with Gasteiger partial charge in [-0.2, -0.15) is 0 Å². The van der Waals surface area contributed by atoms with Gasteiger partial charge in [-0.3, -0.25) is 5.10 Å². The third-order valence-corrected chi connectivity index (χ3v) is 2.65. The summed E-state index contributed by atoms with van der Waals surface area (Å²) in [6.45, 7) is 0. The summed E-state index contributed by atoms with van der Waals surface area (Å²) in [5.74, 6) is 0.0287. The SMILES string of the molecule is Oc1cccc(O)c1-c1cccc2[nH]nnc12. The number of rotatable bonds is 1. The van der Waals surface area contributed by atoms with E-state index in [1.165, 1.54) is 12.1 Å². The van der Waals surface area contributed by atoms with Gasteiger partial charge in [0.1, 0.15) is 17.0 Å². The third-order valence-electron chi connectivity index (χ3n) is 2.65. The van der Waals surface area contributed by atoms with Gasteiger partial charge in [0.25, 0.3) is 0 Å². The fourth-order valence-corrected chi connectivity index (χ4v) is 1.88. The lowest BCUT2D eigenvalue weighted by molar-refractivity contribution is 0.454. The Morgan fingerprint density at radius 2 is 1.65 bits per heavy atom. The maximum absolute atomic E-state index is 9.82. The van der Waals surface area contributed by atoms with E-state index in [4.69, 9.17) is 0 Å². The van der Waals surface area contributed by atoms with Crippen molar-refractivity contribution in [1.82, 2.24) is 15.4 Å². The standard InChI is InChI=1S/C12H9N3O2/c16-9-5-2-6-10(17)11(9)7-3-1-4-8-12(7)14-15-13-8/h1-6,16-17H,(H,13,14,15). The first-order valence-electron chi connectivity index (χ1n) is 5.08. The van der Waals surface area contributed by atoms with Gasteiger partial charge in [-0.05, 0) is 18.2 Å². The second-order valence-corrected chi connectivity index (χ2v) is 3.68. The Bertz CT molecular complexity index is 671. The molecule has 3 N–H and O–H groups in total. The molecule has 0 aliphatic carbocycles. The highest BCUT2D eigenvalue weighted by Gasteiger charge is 2.14. The van der Waals surface area contributed by atoms with Gasteiger partial charge in [-0.25, -0.2) is 0 Å². The van der Waals surface area contributed by atoms with Crippen LogP contribution in [0.2, 0.25) is 0 Å². The minimum Gasteiger partial charge on any atom is -0.507 e. The average molecular weight is 227 g/mol. The van der Waals surface area contributed by atoms with Gasteiger partial charge in [0.15, 0.2) is 0 Å². The highest BCUT2D eigenvalue weighted by molar-refractivity contribution is 5.94. The number of fused-ring (bicyclic) bond motifs is 1. The van der Waals surface area contributed by atoms with Crippen molar-refractivity contribution in [3.05, 3.63) is 36.4 Å². The third kappa shape index (κ3) is 1.40. The molecule has 0 amide bonds. The van der Waals surface area contributed by atoms with Crippen molar-refractivity contribution in [2.24, 2.45) is 0 Å². The zero-order chi connectivity index (χ0) is 11.8. The first kappa shape index (κ1) is 9.65. The molecule has 2 aromatic carbocycles. The van der Waals surface area contributed by atoms with E-state index in [2.05, 4.69) is 15.4 Å². The van der Waals surface area contributed by atoms with E-state index in [9.17, 15) is 10.2 Å². The number of phenols is 2. The van der Waals surface area contributed by atoms with Crippen molar-refractivity contribution in [2.45, 2.75) is 0 Å². The number of nitrogens with zero attached hydrogens (tertiary/aromatic N) is 2. The molecule has 1 heterocycles. The Balaban J connectivity index is 2.38. The van der Waals surface area contributed by atoms with Gasteiger partial charge in [0, 0.05) is 5.56 Å². The number of benzene rings is 2. The van der Waals surface area contributed by atoms with Crippen LogP contribution in [0.4, 0.5) is 0 Å². The molecule has 0 spiro atoms. The summed E-state index contributed by atoms with van der Waals surface area (Å²) in [5.41, 5.74) is 2.38. The lowest BCUT2D eigenvalue weighted by Gasteiger charge is -2.07. The molecular formula is C12H9N3O2. The first-order chi connectivity index (χ1) is 8.27. The highest BCUT2D eigenvalue weighted by Crippen LogP contribution is 2.39. The number of aromatic hydroxyl groups is 2. The molecule has 5 nitrogen and oxygen atoms in total. The second kappa shape index (κ2) is 3.48. The van der Waals surface area contributed by atoms with Crippen molar-refractivity contribution in [1.29, 1.82) is 0 Å². The molecule has 1 aromatic heterocycles. The van der Waals surface area contributed by atoms with Crippen LogP contribution < -0.4 is 0 Å². The summed E-state index contributed by atoms with van der Waals surface area (Å²) in [6, 6.07) is 10.0. The van der Waals surface area contributed by atoms with Crippen molar-refractivity contribution >= 4 is 11.0 Å². The zero-order valence-corrected chi connectivity index (χ0v) is 8.75. The van der Waals surface area contributed by atoms with Crippen molar-refractivity contribution in [3.63, 3.8) is 0 Å². The van der Waals surface area contributed by atoms with E-state index < -0.39 is 0 Å². The van der Waals surface area contributed by atoms with Crippen LogP contribution >= 0.6 is 0 Å². The normalized spacial score (nSPS) is 10.8. The maximum atomic E-state index is 9.82. The van der Waals surface area contributed by atoms with Crippen LogP contribution in [-0.2, 0) is 0 Å². The fraction of sp³-hybridized carbons (Fsp3) is 0. The number of aromatic amines is 1. The van der Waals surface area contributed by atoms with Crippen LogP contribution in [0.1, 0.15) is 0 Å². The molecule has 0 fully saturated rings. The van der Waals surface area contributed by atoms with Crippen molar-refractivity contribution in [2.75, 3.05) is 0 Å². The van der Waals surface area contributed by atoms with E-state index in [0.29, 0.717) is 16.6 Å². The van der Waals surface area contributed by atoms with Crippen LogP contribution in [0.3, 0.4) is 0 Å². The zero-order valence-electron chi connectivity index (χ0n) is 8.75. The van der Waals surface area contributed by atoms with Crippen LogP contribution in [-0.4, -0.2) is 25.6 Å². The van der Waals surface area contributed by atoms with Gasteiger partial charge < -0.3 is 10.2 Å². The van der Waals surface area contributed by atoms with E-state index in [1.807, 2.05) is 12.1 Å². The Morgan fingerprint density at radius 3 is 2.41 bits per heavy atom. The average Bonchev–Trinajstić information content (AvgIpc) is 2.77. The summed E-state index contributed by atoms with van der Waals surface area (Å²) in [5, 5.41) is 30.0. The summed E-state index contributed by atoms with van der Waals surface area (Å²) in [4.78, 5) is 0. The summed E-state index contributed by atoms with van der Waals surface area (Å²) in [7, 11) is 0. The van der Waals surface area contributed by atoms with Crippen molar-refractivity contribution in [3.8, 4) is 22.6 Å². The molecule has 0 saturated heterocycles. The largest absolute Gasteiger partial charge is 0.507 e. The topological polar surface area (TPSA) is 82.0 Å². The summed E-state index contributed by atoms with van der Waals surface area (Å²) in [6.07, 6.45) is 0. The predicted octanol–water partition coefficient (Wildman–Crippen LogP) is 2.04. The van der Waals surface area contributed by atoms with Gasteiger partial charge in [-0.15, -0.1) is 5.10 Å². The van der Waals surface area contributed by atoms with Gasteiger partial charge in [0.05, 0.1) is 11.1 Å². The lowest BCUT2D eigenvalue weighted by atomic mass is 10.0. The number of aromatic nitrogens is 3. The van der Waals surface area contributed by atoms with Crippen LogP contribution in [0.5, 0.6) is 11.5 Å². The molecule has 3 aromatic rings. The number of H-pyrrole nitrogens is 1. The van der Waals surface area contributed by atoms with E-state index >= 15 is 0 Å².